The lowest BCUT2D eigenvalue weighted by atomic mass is 10.2. The third kappa shape index (κ3) is 3.09. The molecule has 0 amide bonds. The van der Waals surface area contributed by atoms with E-state index in [0.717, 1.165) is 12.1 Å². The Bertz CT molecular complexity index is 522. The lowest BCUT2D eigenvalue weighted by Gasteiger charge is -2.07. The maximum Gasteiger partial charge on any atom is 0.216 e. The number of aromatic nitrogens is 2. The molecule has 0 aliphatic rings. The summed E-state index contributed by atoms with van der Waals surface area (Å²) in [4.78, 5) is 11.3. The van der Waals surface area contributed by atoms with Crippen molar-refractivity contribution in [2.24, 2.45) is 0 Å². The number of rotatable bonds is 4. The van der Waals surface area contributed by atoms with Gasteiger partial charge in [0.15, 0.2) is 0 Å². The summed E-state index contributed by atoms with van der Waals surface area (Å²) in [7, 11) is 1.61. The van der Waals surface area contributed by atoms with Gasteiger partial charge in [-0.05, 0) is 25.5 Å². The van der Waals surface area contributed by atoms with E-state index in [4.69, 9.17) is 4.74 Å². The molecule has 1 atom stereocenters. The molecule has 0 aromatic carbocycles. The van der Waals surface area contributed by atoms with Crippen LogP contribution in [0, 0.1) is 13.8 Å². The van der Waals surface area contributed by atoms with Gasteiger partial charge in [-0.15, -0.1) is 11.3 Å². The van der Waals surface area contributed by atoms with Crippen molar-refractivity contribution < 1.29 is 4.74 Å². The van der Waals surface area contributed by atoms with Crippen molar-refractivity contribution in [2.75, 3.05) is 7.11 Å². The Morgan fingerprint density at radius 3 is 2.72 bits per heavy atom. The number of alkyl halides is 1. The molecule has 18 heavy (non-hydrogen) atoms. The highest BCUT2D eigenvalue weighted by Crippen LogP contribution is 2.34. The van der Waals surface area contributed by atoms with Gasteiger partial charge in [-0.2, -0.15) is 0 Å². The van der Waals surface area contributed by atoms with E-state index in [1.165, 1.54) is 15.3 Å². The highest BCUT2D eigenvalue weighted by atomic mass is 79.9. The Morgan fingerprint density at radius 1 is 1.33 bits per heavy atom. The average Bonchev–Trinajstić information content (AvgIpc) is 2.70. The van der Waals surface area contributed by atoms with Crippen molar-refractivity contribution in [1.29, 1.82) is 0 Å². The van der Waals surface area contributed by atoms with Gasteiger partial charge in [0.1, 0.15) is 6.33 Å². The first-order valence-corrected chi connectivity index (χ1v) is 7.39. The summed E-state index contributed by atoms with van der Waals surface area (Å²) in [5.41, 5.74) is 2.33. The van der Waals surface area contributed by atoms with E-state index in [1.807, 2.05) is 17.4 Å². The highest BCUT2D eigenvalue weighted by Gasteiger charge is 2.13. The number of hydrogen-bond acceptors (Lipinski definition) is 4. The van der Waals surface area contributed by atoms with Gasteiger partial charge in [-0.1, -0.05) is 15.9 Å². The summed E-state index contributed by atoms with van der Waals surface area (Å²) < 4.78 is 5.10. The molecule has 0 radical (unpaired) electrons. The fourth-order valence-corrected chi connectivity index (χ4v) is 3.41. The topological polar surface area (TPSA) is 35.0 Å². The smallest absolute Gasteiger partial charge is 0.216 e. The lowest BCUT2D eigenvalue weighted by molar-refractivity contribution is 0.396. The number of ether oxygens (including phenoxy) is 1. The van der Waals surface area contributed by atoms with Crippen LogP contribution >= 0.6 is 27.3 Å². The van der Waals surface area contributed by atoms with E-state index < -0.39 is 0 Å². The van der Waals surface area contributed by atoms with Crippen LogP contribution in [0.2, 0.25) is 0 Å². The molecule has 2 rings (SSSR count). The largest absolute Gasteiger partial charge is 0.481 e. The summed E-state index contributed by atoms with van der Waals surface area (Å²) in [6, 6.07) is 4.11. The van der Waals surface area contributed by atoms with Crippen LogP contribution in [0.1, 0.15) is 25.8 Å². The number of halogens is 1. The van der Waals surface area contributed by atoms with Crippen LogP contribution in [0.25, 0.3) is 0 Å². The molecule has 96 valence electrons. The van der Waals surface area contributed by atoms with Gasteiger partial charge in [0.05, 0.1) is 11.9 Å². The third-order valence-corrected chi connectivity index (χ3v) is 5.18. The van der Waals surface area contributed by atoms with Gasteiger partial charge in [-0.3, -0.25) is 0 Å². The highest BCUT2D eigenvalue weighted by molar-refractivity contribution is 9.09. The first-order chi connectivity index (χ1) is 8.60. The van der Waals surface area contributed by atoms with Crippen molar-refractivity contribution in [3.8, 4) is 5.88 Å². The Hall–Kier alpha value is -0.940. The predicted octanol–water partition coefficient (Wildman–Crippen LogP) is 3.84. The fraction of sp³-hybridized carbons (Fsp3) is 0.385. The number of thiophene rings is 1. The minimum atomic E-state index is 0.287. The Kier molecular flexibility index (Phi) is 4.35. The molecule has 3 nitrogen and oxygen atoms in total. The van der Waals surface area contributed by atoms with Gasteiger partial charge >= 0.3 is 0 Å². The second-order valence-electron chi connectivity index (χ2n) is 4.11. The molecular formula is C13H15BrN2OS. The number of nitrogens with zero attached hydrogens (tertiary/aromatic N) is 2. The van der Waals surface area contributed by atoms with Crippen LogP contribution < -0.4 is 4.74 Å². The van der Waals surface area contributed by atoms with Crippen molar-refractivity contribution >= 4 is 27.3 Å². The molecule has 1 unspecified atom stereocenters. The molecule has 0 aliphatic carbocycles. The molecule has 0 bridgehead atoms. The summed E-state index contributed by atoms with van der Waals surface area (Å²) in [5.74, 6) is 0.609. The molecule has 2 heterocycles. The molecule has 0 fully saturated rings. The molecule has 5 heteroatoms. The van der Waals surface area contributed by atoms with E-state index in [9.17, 15) is 0 Å². The van der Waals surface area contributed by atoms with E-state index in [-0.39, 0.29) is 4.83 Å². The summed E-state index contributed by atoms with van der Waals surface area (Å²) in [6.45, 7) is 4.29. The SMILES string of the molecule is COc1cc(CC(Br)c2cc(C)c(C)s2)ncn1. The minimum absolute atomic E-state index is 0.287. The molecule has 2 aromatic rings. The van der Waals surface area contributed by atoms with Crippen molar-refractivity contribution in [3.63, 3.8) is 0 Å². The standard InChI is InChI=1S/C13H15BrN2OS/c1-8-4-12(18-9(8)2)11(14)5-10-6-13(17-3)16-7-15-10/h4,6-7,11H,5H2,1-3H3. The van der Waals surface area contributed by atoms with Crippen LogP contribution in [0.4, 0.5) is 0 Å². The van der Waals surface area contributed by atoms with Crippen molar-refractivity contribution in [2.45, 2.75) is 25.1 Å². The van der Waals surface area contributed by atoms with E-state index >= 15 is 0 Å². The van der Waals surface area contributed by atoms with Gasteiger partial charge < -0.3 is 4.74 Å². The quantitative estimate of drug-likeness (QED) is 0.800. The normalized spacial score (nSPS) is 12.4. The molecule has 0 spiro atoms. The monoisotopic (exact) mass is 326 g/mol. The van der Waals surface area contributed by atoms with Gasteiger partial charge in [0.2, 0.25) is 5.88 Å². The molecular weight excluding hydrogens is 312 g/mol. The molecule has 0 saturated heterocycles. The van der Waals surface area contributed by atoms with Gasteiger partial charge in [0.25, 0.3) is 0 Å². The average molecular weight is 327 g/mol. The van der Waals surface area contributed by atoms with Gasteiger partial charge in [0, 0.05) is 27.9 Å². The Morgan fingerprint density at radius 2 is 2.11 bits per heavy atom. The molecule has 0 saturated carbocycles. The van der Waals surface area contributed by atoms with Crippen LogP contribution in [0.15, 0.2) is 18.5 Å². The van der Waals surface area contributed by atoms with Crippen molar-refractivity contribution in [3.05, 3.63) is 39.5 Å². The Balaban J connectivity index is 2.13. The zero-order chi connectivity index (χ0) is 13.1. The first kappa shape index (κ1) is 13.5. The zero-order valence-electron chi connectivity index (χ0n) is 10.6. The van der Waals surface area contributed by atoms with E-state index in [0.29, 0.717) is 5.88 Å². The fourth-order valence-electron chi connectivity index (χ4n) is 1.64. The Labute approximate surface area is 119 Å². The molecule has 2 aromatic heterocycles. The van der Waals surface area contributed by atoms with Crippen LogP contribution in [-0.2, 0) is 6.42 Å². The van der Waals surface area contributed by atoms with Crippen molar-refractivity contribution in [1.82, 2.24) is 9.97 Å². The minimum Gasteiger partial charge on any atom is -0.481 e. The third-order valence-electron chi connectivity index (χ3n) is 2.79. The molecule has 0 aliphatic heterocycles. The van der Waals surface area contributed by atoms with Gasteiger partial charge in [-0.25, -0.2) is 9.97 Å². The van der Waals surface area contributed by atoms with E-state index in [2.05, 4.69) is 45.8 Å². The van der Waals surface area contributed by atoms with Crippen LogP contribution in [-0.4, -0.2) is 17.1 Å². The molecule has 0 N–H and O–H groups in total. The number of aryl methyl sites for hydroxylation is 2. The van der Waals surface area contributed by atoms with Crippen LogP contribution in [0.5, 0.6) is 5.88 Å². The number of hydrogen-bond donors (Lipinski definition) is 0. The lowest BCUT2D eigenvalue weighted by Crippen LogP contribution is -1.98. The summed E-state index contributed by atoms with van der Waals surface area (Å²) in [6.07, 6.45) is 2.37. The van der Waals surface area contributed by atoms with Crippen LogP contribution in [0.3, 0.4) is 0 Å². The predicted molar refractivity (Wildman–Crippen MR) is 77.7 cm³/mol. The summed E-state index contributed by atoms with van der Waals surface area (Å²) >= 11 is 5.56. The summed E-state index contributed by atoms with van der Waals surface area (Å²) in [5, 5.41) is 0. The zero-order valence-corrected chi connectivity index (χ0v) is 13.0. The number of methoxy groups -OCH3 is 1. The van der Waals surface area contributed by atoms with E-state index in [1.54, 1.807) is 13.4 Å². The maximum absolute atomic E-state index is 5.10. The second kappa shape index (κ2) is 5.80. The maximum atomic E-state index is 5.10. The first-order valence-electron chi connectivity index (χ1n) is 5.66. The second-order valence-corrected chi connectivity index (χ2v) is 6.50.